The van der Waals surface area contributed by atoms with Crippen molar-refractivity contribution in [2.75, 3.05) is 6.54 Å². The van der Waals surface area contributed by atoms with E-state index in [9.17, 15) is 4.79 Å². The van der Waals surface area contributed by atoms with Gasteiger partial charge in [-0.25, -0.2) is 4.98 Å². The molecule has 2 aromatic heterocycles. The molecular weight excluding hydrogens is 234 g/mol. The monoisotopic (exact) mass is 247 g/mol. The van der Waals surface area contributed by atoms with Crippen LogP contribution in [0, 0.1) is 26.2 Å². The van der Waals surface area contributed by atoms with Crippen molar-refractivity contribution in [2.45, 2.75) is 20.4 Å². The predicted octanol–water partition coefficient (Wildman–Crippen LogP) is 1.32. The van der Waals surface area contributed by atoms with Crippen LogP contribution in [0.4, 0.5) is 0 Å². The minimum Gasteiger partial charge on any atom is -0.309 e. The molecule has 2 aromatic rings. The van der Waals surface area contributed by atoms with Gasteiger partial charge in [0, 0.05) is 4.88 Å². The second-order valence-corrected chi connectivity index (χ2v) is 4.99. The summed E-state index contributed by atoms with van der Waals surface area (Å²) in [6.07, 6.45) is 5.13. The van der Waals surface area contributed by atoms with Gasteiger partial charge < -0.3 is 4.98 Å². The first kappa shape index (κ1) is 11.8. The molecule has 2 rings (SSSR count). The number of nitrogens with one attached hydrogen (secondary N) is 2. The maximum absolute atomic E-state index is 11.9. The molecule has 0 saturated heterocycles. The van der Waals surface area contributed by atoms with E-state index in [0.29, 0.717) is 24.3 Å². The number of hydrogen-bond donors (Lipinski definition) is 2. The SMILES string of the molecule is C#CCNCc1nc2sc(C)c(C)c2c(=O)[nH]1. The number of aromatic amines is 1. The molecule has 0 spiro atoms. The first-order chi connectivity index (χ1) is 8.13. The van der Waals surface area contributed by atoms with Crippen molar-refractivity contribution in [3.05, 3.63) is 26.6 Å². The average molecular weight is 247 g/mol. The van der Waals surface area contributed by atoms with Gasteiger partial charge >= 0.3 is 0 Å². The molecule has 17 heavy (non-hydrogen) atoms. The zero-order valence-electron chi connectivity index (χ0n) is 9.76. The van der Waals surface area contributed by atoms with Gasteiger partial charge in [0.15, 0.2) is 0 Å². The van der Waals surface area contributed by atoms with E-state index in [-0.39, 0.29) is 5.56 Å². The quantitative estimate of drug-likeness (QED) is 0.635. The van der Waals surface area contributed by atoms with E-state index >= 15 is 0 Å². The highest BCUT2D eigenvalue weighted by molar-refractivity contribution is 7.18. The molecule has 0 bridgehead atoms. The van der Waals surface area contributed by atoms with Gasteiger partial charge in [-0.3, -0.25) is 10.1 Å². The van der Waals surface area contributed by atoms with Crippen molar-refractivity contribution in [1.29, 1.82) is 0 Å². The topological polar surface area (TPSA) is 57.8 Å². The molecule has 0 radical (unpaired) electrons. The number of aromatic nitrogens is 2. The first-order valence-corrected chi connectivity index (χ1v) is 6.08. The summed E-state index contributed by atoms with van der Waals surface area (Å²) < 4.78 is 0. The Morgan fingerprint density at radius 2 is 2.29 bits per heavy atom. The largest absolute Gasteiger partial charge is 0.309 e. The van der Waals surface area contributed by atoms with Gasteiger partial charge in [0.2, 0.25) is 0 Å². The molecule has 0 aromatic carbocycles. The zero-order valence-corrected chi connectivity index (χ0v) is 10.6. The second-order valence-electron chi connectivity index (χ2n) is 3.78. The van der Waals surface area contributed by atoms with E-state index in [4.69, 9.17) is 6.42 Å². The fourth-order valence-electron chi connectivity index (χ4n) is 1.64. The van der Waals surface area contributed by atoms with E-state index in [0.717, 1.165) is 15.3 Å². The summed E-state index contributed by atoms with van der Waals surface area (Å²) in [6, 6.07) is 0. The number of hydrogen-bond acceptors (Lipinski definition) is 4. The molecule has 0 aliphatic carbocycles. The molecule has 2 N–H and O–H groups in total. The summed E-state index contributed by atoms with van der Waals surface area (Å²) in [5, 5.41) is 3.70. The third-order valence-electron chi connectivity index (χ3n) is 2.61. The van der Waals surface area contributed by atoms with Crippen molar-refractivity contribution in [3.63, 3.8) is 0 Å². The molecule has 5 heteroatoms. The molecule has 0 atom stereocenters. The Labute approximate surface area is 103 Å². The predicted molar refractivity (Wildman–Crippen MR) is 70.3 cm³/mol. The molecule has 0 amide bonds. The summed E-state index contributed by atoms with van der Waals surface area (Å²) in [5.74, 6) is 3.10. The number of rotatable bonds is 3. The van der Waals surface area contributed by atoms with Gasteiger partial charge in [-0.05, 0) is 19.4 Å². The lowest BCUT2D eigenvalue weighted by Gasteiger charge is -2.00. The van der Waals surface area contributed by atoms with Crippen molar-refractivity contribution in [2.24, 2.45) is 0 Å². The van der Waals surface area contributed by atoms with Gasteiger partial charge in [-0.15, -0.1) is 17.8 Å². The maximum Gasteiger partial charge on any atom is 0.259 e. The fraction of sp³-hybridized carbons (Fsp3) is 0.333. The Bertz CT molecular complexity index is 648. The Balaban J connectivity index is 2.43. The number of terminal acetylenes is 1. The van der Waals surface area contributed by atoms with Crippen LogP contribution in [0.15, 0.2) is 4.79 Å². The van der Waals surface area contributed by atoms with Crippen LogP contribution in [0.5, 0.6) is 0 Å². The smallest absolute Gasteiger partial charge is 0.259 e. The normalized spacial score (nSPS) is 10.6. The summed E-state index contributed by atoms with van der Waals surface area (Å²) in [7, 11) is 0. The molecule has 0 fully saturated rings. The third-order valence-corrected chi connectivity index (χ3v) is 3.71. The molecule has 2 heterocycles. The van der Waals surface area contributed by atoms with Crippen molar-refractivity contribution in [1.82, 2.24) is 15.3 Å². The minimum absolute atomic E-state index is 0.0747. The highest BCUT2D eigenvalue weighted by Gasteiger charge is 2.11. The molecule has 88 valence electrons. The zero-order chi connectivity index (χ0) is 12.4. The third kappa shape index (κ3) is 2.23. The van der Waals surface area contributed by atoms with E-state index in [1.165, 1.54) is 0 Å². The van der Waals surface area contributed by atoms with Crippen LogP contribution in [0.25, 0.3) is 10.2 Å². The molecule has 0 saturated carbocycles. The highest BCUT2D eigenvalue weighted by Crippen LogP contribution is 2.25. The van der Waals surface area contributed by atoms with Crippen LogP contribution in [-0.2, 0) is 6.54 Å². The molecule has 0 aliphatic rings. The van der Waals surface area contributed by atoms with Gasteiger partial charge in [0.25, 0.3) is 5.56 Å². The number of nitrogens with zero attached hydrogens (tertiary/aromatic N) is 1. The Morgan fingerprint density at radius 1 is 1.53 bits per heavy atom. The lowest BCUT2D eigenvalue weighted by Crippen LogP contribution is -2.19. The van der Waals surface area contributed by atoms with Gasteiger partial charge in [-0.2, -0.15) is 0 Å². The molecule has 0 aliphatic heterocycles. The van der Waals surface area contributed by atoms with Crippen LogP contribution < -0.4 is 10.9 Å². The van der Waals surface area contributed by atoms with Crippen molar-refractivity contribution < 1.29 is 0 Å². The Hall–Kier alpha value is -1.64. The van der Waals surface area contributed by atoms with E-state index < -0.39 is 0 Å². The second kappa shape index (κ2) is 4.70. The van der Waals surface area contributed by atoms with Gasteiger partial charge in [0.05, 0.1) is 18.5 Å². The first-order valence-electron chi connectivity index (χ1n) is 5.26. The number of fused-ring (bicyclic) bond motifs is 1. The fourth-order valence-corrected chi connectivity index (χ4v) is 2.68. The van der Waals surface area contributed by atoms with Crippen LogP contribution in [0.2, 0.25) is 0 Å². The summed E-state index contributed by atoms with van der Waals surface area (Å²) >= 11 is 1.55. The highest BCUT2D eigenvalue weighted by atomic mass is 32.1. The van der Waals surface area contributed by atoms with Crippen LogP contribution in [0.3, 0.4) is 0 Å². The van der Waals surface area contributed by atoms with Crippen molar-refractivity contribution >= 4 is 21.6 Å². The van der Waals surface area contributed by atoms with E-state index in [1.807, 2.05) is 13.8 Å². The van der Waals surface area contributed by atoms with E-state index in [2.05, 4.69) is 21.2 Å². The lowest BCUT2D eigenvalue weighted by molar-refractivity contribution is 0.725. The summed E-state index contributed by atoms with van der Waals surface area (Å²) in [4.78, 5) is 21.0. The number of H-pyrrole nitrogens is 1. The Kier molecular flexibility index (Phi) is 3.27. The van der Waals surface area contributed by atoms with Gasteiger partial charge in [-0.1, -0.05) is 5.92 Å². The summed E-state index contributed by atoms with van der Waals surface area (Å²) in [5.41, 5.74) is 0.941. The maximum atomic E-state index is 11.9. The minimum atomic E-state index is -0.0747. The molecule has 0 unspecified atom stereocenters. The van der Waals surface area contributed by atoms with Crippen LogP contribution >= 0.6 is 11.3 Å². The van der Waals surface area contributed by atoms with Crippen molar-refractivity contribution in [3.8, 4) is 12.3 Å². The van der Waals surface area contributed by atoms with E-state index in [1.54, 1.807) is 11.3 Å². The number of thiophene rings is 1. The Morgan fingerprint density at radius 3 is 3.00 bits per heavy atom. The molecule has 4 nitrogen and oxygen atoms in total. The lowest BCUT2D eigenvalue weighted by atomic mass is 10.2. The van der Waals surface area contributed by atoms with Crippen LogP contribution in [0.1, 0.15) is 16.3 Å². The average Bonchev–Trinajstić information content (AvgIpc) is 2.55. The standard InChI is InChI=1S/C12H13N3OS/c1-4-5-13-6-9-14-11(16)10-7(2)8(3)17-12(10)15-9/h1,13H,5-6H2,2-3H3,(H,14,15,16). The van der Waals surface area contributed by atoms with Gasteiger partial charge in [0.1, 0.15) is 10.7 Å². The molecular formula is C12H13N3OS. The summed E-state index contributed by atoms with van der Waals surface area (Å²) in [6.45, 7) is 4.88. The number of aryl methyl sites for hydroxylation is 2. The van der Waals surface area contributed by atoms with Crippen LogP contribution in [-0.4, -0.2) is 16.5 Å².